The van der Waals surface area contributed by atoms with Crippen LogP contribution in [0.2, 0.25) is 0 Å². The van der Waals surface area contributed by atoms with Crippen molar-refractivity contribution in [2.24, 2.45) is 0 Å². The van der Waals surface area contributed by atoms with Gasteiger partial charge in [-0.2, -0.15) is 0 Å². The first-order valence-corrected chi connectivity index (χ1v) is 6.67. The number of carbonyl (C=O) groups excluding carboxylic acids is 1. The molecule has 1 amide bonds. The van der Waals surface area contributed by atoms with Crippen LogP contribution in [0, 0.1) is 12.7 Å². The highest BCUT2D eigenvalue weighted by molar-refractivity contribution is 5.74. The molecule has 1 aromatic rings. The molecule has 1 fully saturated rings. The fraction of sp³-hybridized carbons (Fsp3) is 0.533. The lowest BCUT2D eigenvalue weighted by atomic mass is 9.79. The number of nitrogens with one attached hydrogen (secondary N) is 1. The van der Waals surface area contributed by atoms with Gasteiger partial charge in [-0.05, 0) is 50.1 Å². The number of nitrogens with zero attached hydrogens (tertiary/aromatic N) is 1. The van der Waals surface area contributed by atoms with Gasteiger partial charge in [0.05, 0.1) is 5.54 Å². The summed E-state index contributed by atoms with van der Waals surface area (Å²) in [6.45, 7) is 5.30. The first-order chi connectivity index (χ1) is 8.93. The summed E-state index contributed by atoms with van der Waals surface area (Å²) in [5.41, 5.74) is 1.59. The average Bonchev–Trinajstić information content (AvgIpc) is 2.32. The van der Waals surface area contributed by atoms with Gasteiger partial charge in [0.15, 0.2) is 0 Å². The third-order valence-electron chi connectivity index (χ3n) is 3.96. The molecule has 1 aliphatic rings. The Balaban J connectivity index is 2.39. The van der Waals surface area contributed by atoms with Crippen LogP contribution < -0.4 is 5.32 Å². The van der Waals surface area contributed by atoms with E-state index in [9.17, 15) is 9.18 Å². The zero-order chi connectivity index (χ0) is 14.0. The number of likely N-dealkylation sites (tertiary alicyclic amines) is 1. The first kappa shape index (κ1) is 14.0. The van der Waals surface area contributed by atoms with Crippen LogP contribution in [0.4, 0.5) is 4.39 Å². The van der Waals surface area contributed by atoms with Crippen molar-refractivity contribution < 1.29 is 9.18 Å². The zero-order valence-electron chi connectivity index (χ0n) is 11.8. The van der Waals surface area contributed by atoms with Crippen molar-refractivity contribution in [1.29, 1.82) is 0 Å². The van der Waals surface area contributed by atoms with Crippen molar-refractivity contribution >= 4 is 5.91 Å². The van der Waals surface area contributed by atoms with Gasteiger partial charge in [0.25, 0.3) is 0 Å². The molecule has 4 heteroatoms. The maximum Gasteiger partial charge on any atom is 0.217 e. The third kappa shape index (κ3) is 2.95. The summed E-state index contributed by atoms with van der Waals surface area (Å²) >= 11 is 0. The van der Waals surface area contributed by atoms with E-state index < -0.39 is 0 Å². The fourth-order valence-corrected chi connectivity index (χ4v) is 2.96. The average molecular weight is 264 g/mol. The normalized spacial score (nSPS) is 19.2. The Hall–Kier alpha value is -1.42. The molecule has 2 rings (SSSR count). The molecule has 1 aliphatic heterocycles. The molecule has 0 aliphatic carbocycles. The van der Waals surface area contributed by atoms with Crippen molar-refractivity contribution in [1.82, 2.24) is 10.2 Å². The topological polar surface area (TPSA) is 32.3 Å². The molecule has 1 aromatic carbocycles. The lowest BCUT2D eigenvalue weighted by Crippen LogP contribution is -2.52. The predicted molar refractivity (Wildman–Crippen MR) is 73.4 cm³/mol. The van der Waals surface area contributed by atoms with Crippen LogP contribution in [0.1, 0.15) is 30.9 Å². The van der Waals surface area contributed by atoms with Crippen LogP contribution in [0.25, 0.3) is 0 Å². The number of amides is 1. The minimum absolute atomic E-state index is 0.0340. The van der Waals surface area contributed by atoms with Crippen LogP contribution in [-0.4, -0.2) is 30.9 Å². The Labute approximate surface area is 113 Å². The largest absolute Gasteiger partial charge is 0.347 e. The number of halogens is 1. The highest BCUT2D eigenvalue weighted by atomic mass is 19.1. The number of piperidine rings is 1. The first-order valence-electron chi connectivity index (χ1n) is 6.67. The van der Waals surface area contributed by atoms with Gasteiger partial charge in [-0.15, -0.1) is 0 Å². The number of aryl methyl sites for hydroxylation is 1. The minimum atomic E-state index is -0.351. The summed E-state index contributed by atoms with van der Waals surface area (Å²) in [6.07, 6.45) is 1.71. The molecule has 0 aromatic heterocycles. The lowest BCUT2D eigenvalue weighted by molar-refractivity contribution is -0.121. The molecular formula is C15H21FN2O. The fourth-order valence-electron chi connectivity index (χ4n) is 2.96. The third-order valence-corrected chi connectivity index (χ3v) is 3.96. The maximum absolute atomic E-state index is 13.3. The molecule has 104 valence electrons. The molecule has 1 N–H and O–H groups in total. The summed E-state index contributed by atoms with van der Waals surface area (Å²) in [7, 11) is 2.08. The molecule has 0 spiro atoms. The van der Waals surface area contributed by atoms with E-state index in [1.807, 2.05) is 13.0 Å². The highest BCUT2D eigenvalue weighted by Gasteiger charge is 2.37. The Morgan fingerprint density at radius 2 is 2.00 bits per heavy atom. The second kappa shape index (κ2) is 5.29. The molecule has 1 saturated heterocycles. The Morgan fingerprint density at radius 1 is 1.37 bits per heavy atom. The molecule has 0 atom stereocenters. The van der Waals surface area contributed by atoms with E-state index in [-0.39, 0.29) is 17.3 Å². The predicted octanol–water partition coefficient (Wildman–Crippen LogP) is 2.19. The summed E-state index contributed by atoms with van der Waals surface area (Å²) in [5, 5.41) is 3.10. The van der Waals surface area contributed by atoms with Gasteiger partial charge in [0.1, 0.15) is 5.82 Å². The van der Waals surface area contributed by atoms with Gasteiger partial charge in [-0.25, -0.2) is 4.39 Å². The molecule has 3 nitrogen and oxygen atoms in total. The van der Waals surface area contributed by atoms with Crippen molar-refractivity contribution in [3.8, 4) is 0 Å². The zero-order valence-corrected chi connectivity index (χ0v) is 11.8. The van der Waals surface area contributed by atoms with Crippen LogP contribution in [0.5, 0.6) is 0 Å². The SMILES string of the molecule is CC(=O)NC1(c2ccc(F)cc2C)CCN(C)CC1. The van der Waals surface area contributed by atoms with Gasteiger partial charge < -0.3 is 10.2 Å². The van der Waals surface area contributed by atoms with Crippen molar-refractivity contribution in [3.05, 3.63) is 35.1 Å². The summed E-state index contributed by atoms with van der Waals surface area (Å²) < 4.78 is 13.3. The molecule has 0 saturated carbocycles. The van der Waals surface area contributed by atoms with Crippen LogP contribution in [-0.2, 0) is 10.3 Å². The van der Waals surface area contributed by atoms with Crippen LogP contribution in [0.3, 0.4) is 0 Å². The van der Waals surface area contributed by atoms with E-state index in [1.165, 1.54) is 12.1 Å². The summed E-state index contributed by atoms with van der Waals surface area (Å²) in [4.78, 5) is 13.8. The molecule has 0 radical (unpaired) electrons. The standard InChI is InChI=1S/C15H21FN2O/c1-11-10-13(16)4-5-14(11)15(17-12(2)19)6-8-18(3)9-7-15/h4-5,10H,6-9H2,1-3H3,(H,17,19). The van der Waals surface area contributed by atoms with Crippen LogP contribution >= 0.6 is 0 Å². The van der Waals surface area contributed by atoms with E-state index in [1.54, 1.807) is 6.92 Å². The quantitative estimate of drug-likeness (QED) is 0.888. The monoisotopic (exact) mass is 264 g/mol. The van der Waals surface area contributed by atoms with Crippen molar-refractivity contribution in [2.45, 2.75) is 32.2 Å². The van der Waals surface area contributed by atoms with Crippen molar-refractivity contribution in [2.75, 3.05) is 20.1 Å². The van der Waals surface area contributed by atoms with E-state index >= 15 is 0 Å². The molecule has 1 heterocycles. The lowest BCUT2D eigenvalue weighted by Gasteiger charge is -2.42. The number of rotatable bonds is 2. The number of hydrogen-bond acceptors (Lipinski definition) is 2. The Bertz CT molecular complexity index is 479. The van der Waals surface area contributed by atoms with E-state index in [0.29, 0.717) is 0 Å². The maximum atomic E-state index is 13.3. The van der Waals surface area contributed by atoms with Gasteiger partial charge in [-0.1, -0.05) is 6.07 Å². The molecular weight excluding hydrogens is 243 g/mol. The van der Waals surface area contributed by atoms with Gasteiger partial charge in [0, 0.05) is 20.0 Å². The van der Waals surface area contributed by atoms with Crippen LogP contribution in [0.15, 0.2) is 18.2 Å². The minimum Gasteiger partial charge on any atom is -0.347 e. The van der Waals surface area contributed by atoms with E-state index in [0.717, 1.165) is 37.1 Å². The van der Waals surface area contributed by atoms with Gasteiger partial charge in [0.2, 0.25) is 5.91 Å². The number of hydrogen-bond donors (Lipinski definition) is 1. The smallest absolute Gasteiger partial charge is 0.217 e. The second-order valence-electron chi connectivity index (χ2n) is 5.53. The Kier molecular flexibility index (Phi) is 3.90. The molecule has 19 heavy (non-hydrogen) atoms. The number of carbonyl (C=O) groups is 1. The summed E-state index contributed by atoms with van der Waals surface area (Å²) in [5.74, 6) is -0.263. The molecule has 0 unspecified atom stereocenters. The second-order valence-corrected chi connectivity index (χ2v) is 5.53. The number of benzene rings is 1. The van der Waals surface area contributed by atoms with Crippen molar-refractivity contribution in [3.63, 3.8) is 0 Å². The molecule has 0 bridgehead atoms. The van der Waals surface area contributed by atoms with E-state index in [4.69, 9.17) is 0 Å². The van der Waals surface area contributed by atoms with Gasteiger partial charge >= 0.3 is 0 Å². The highest BCUT2D eigenvalue weighted by Crippen LogP contribution is 2.34. The van der Waals surface area contributed by atoms with E-state index in [2.05, 4.69) is 17.3 Å². The summed E-state index contributed by atoms with van der Waals surface area (Å²) in [6, 6.07) is 4.83. The van der Waals surface area contributed by atoms with Gasteiger partial charge in [-0.3, -0.25) is 4.79 Å². The Morgan fingerprint density at radius 3 is 2.53 bits per heavy atom.